The summed E-state index contributed by atoms with van der Waals surface area (Å²) >= 11 is 0. The van der Waals surface area contributed by atoms with Gasteiger partial charge in [-0.2, -0.15) is 5.10 Å². The number of rotatable bonds is 7. The van der Waals surface area contributed by atoms with Crippen molar-refractivity contribution < 1.29 is 22.8 Å². The normalized spacial score (nSPS) is 12.8. The number of hydrogen-bond donors (Lipinski definition) is 0. The minimum Gasteiger partial charge on any atom is -0.444 e. The average Bonchev–Trinajstić information content (AvgIpc) is 3.10. The molecule has 0 aliphatic carbocycles. The van der Waals surface area contributed by atoms with Gasteiger partial charge in [-0.05, 0) is 41.5 Å². The van der Waals surface area contributed by atoms with Crippen LogP contribution in [0.5, 0.6) is 0 Å². The maximum Gasteiger partial charge on any atom is 0.335 e. The van der Waals surface area contributed by atoms with E-state index in [1.54, 1.807) is 17.1 Å². The lowest BCUT2D eigenvalue weighted by Crippen LogP contribution is -2.23. The molecule has 2 aromatic rings. The third-order valence-electron chi connectivity index (χ3n) is 2.52. The van der Waals surface area contributed by atoms with Gasteiger partial charge in [0.25, 0.3) is 0 Å². The molecule has 2 aromatic heterocycles. The van der Waals surface area contributed by atoms with Gasteiger partial charge in [-0.15, -0.1) is 0 Å². The predicted molar refractivity (Wildman–Crippen MR) is 92.8 cm³/mol. The van der Waals surface area contributed by atoms with Crippen LogP contribution in [0.2, 0.25) is 0 Å². The maximum absolute atomic E-state index is 10.7. The van der Waals surface area contributed by atoms with Crippen LogP contribution in [0, 0.1) is 0 Å². The van der Waals surface area contributed by atoms with E-state index in [1.165, 1.54) is 6.26 Å². The summed E-state index contributed by atoms with van der Waals surface area (Å²) in [6, 6.07) is 0. The molecule has 0 aliphatic rings. The first kappa shape index (κ1) is 19.7. The molecule has 0 saturated carbocycles. The molecule has 2 rings (SSSR count). The van der Waals surface area contributed by atoms with Crippen molar-refractivity contribution >= 4 is 14.9 Å². The molecule has 0 radical (unpaired) electrons. The van der Waals surface area contributed by atoms with Gasteiger partial charge in [-0.1, -0.05) is 0 Å². The molecule has 9 heteroatoms. The Bertz CT molecular complexity index is 683. The monoisotopic (exact) mass is 369 g/mol. The van der Waals surface area contributed by atoms with Crippen molar-refractivity contribution in [3.63, 3.8) is 0 Å². The van der Waals surface area contributed by atoms with Crippen molar-refractivity contribution in [2.75, 3.05) is 0 Å². The number of carbonyl (C=O) groups is 1. The fraction of sp³-hybridized carbons (Fsp3) is 0.562. The van der Waals surface area contributed by atoms with Crippen LogP contribution in [0.3, 0.4) is 0 Å². The molecule has 25 heavy (non-hydrogen) atoms. The van der Waals surface area contributed by atoms with Gasteiger partial charge in [0.15, 0.2) is 6.29 Å². The molecule has 0 bridgehead atoms. The Balaban J connectivity index is 2.01. The Kier molecular flexibility index (Phi) is 6.11. The number of aldehydes is 1. The molecule has 0 spiro atoms. The van der Waals surface area contributed by atoms with Crippen LogP contribution in [-0.4, -0.2) is 32.3 Å². The smallest absolute Gasteiger partial charge is 0.335 e. The zero-order chi connectivity index (χ0) is 18.7. The first-order valence-corrected chi connectivity index (χ1v) is 8.90. The van der Waals surface area contributed by atoms with Crippen molar-refractivity contribution in [2.45, 2.75) is 59.5 Å². The Hall–Kier alpha value is -1.60. The van der Waals surface area contributed by atoms with Crippen LogP contribution >= 0.6 is 8.60 Å². The third kappa shape index (κ3) is 6.66. The molecule has 0 unspecified atom stereocenters. The summed E-state index contributed by atoms with van der Waals surface area (Å²) in [6.45, 7) is 11.8. The summed E-state index contributed by atoms with van der Waals surface area (Å²) < 4.78 is 24.3. The second-order valence-corrected chi connectivity index (χ2v) is 8.42. The predicted octanol–water partition coefficient (Wildman–Crippen LogP) is 4.18. The lowest BCUT2D eigenvalue weighted by Gasteiger charge is -2.30. The molecule has 0 N–H and O–H groups in total. The molecule has 0 amide bonds. The Morgan fingerprint density at radius 3 is 2.36 bits per heavy atom. The lowest BCUT2D eigenvalue weighted by molar-refractivity contribution is 0.0220. The van der Waals surface area contributed by atoms with Crippen molar-refractivity contribution in [1.82, 2.24) is 14.8 Å². The fourth-order valence-electron chi connectivity index (χ4n) is 1.64. The van der Waals surface area contributed by atoms with E-state index in [-0.39, 0.29) is 12.4 Å². The van der Waals surface area contributed by atoms with Gasteiger partial charge < -0.3 is 13.5 Å². The Morgan fingerprint density at radius 2 is 1.84 bits per heavy atom. The van der Waals surface area contributed by atoms with Crippen LogP contribution < -0.4 is 0 Å². The first-order valence-electron chi connectivity index (χ1n) is 7.80. The van der Waals surface area contributed by atoms with Gasteiger partial charge in [0.1, 0.15) is 18.7 Å². The minimum atomic E-state index is -1.55. The number of aromatic nitrogens is 3. The zero-order valence-corrected chi connectivity index (χ0v) is 16.2. The van der Waals surface area contributed by atoms with Crippen molar-refractivity contribution in [2.24, 2.45) is 0 Å². The van der Waals surface area contributed by atoms with E-state index in [2.05, 4.69) is 10.1 Å². The topological polar surface area (TPSA) is 88.6 Å². The number of nitrogens with zero attached hydrogens (tertiary/aromatic N) is 3. The van der Waals surface area contributed by atoms with Gasteiger partial charge in [-0.25, -0.2) is 9.67 Å². The lowest BCUT2D eigenvalue weighted by atomic mass is 10.2. The molecule has 0 saturated heterocycles. The van der Waals surface area contributed by atoms with Gasteiger partial charge >= 0.3 is 8.60 Å². The number of hydrogen-bond acceptors (Lipinski definition) is 7. The second kappa shape index (κ2) is 7.74. The Labute approximate surface area is 148 Å². The molecule has 0 aliphatic heterocycles. The van der Waals surface area contributed by atoms with E-state index in [0.717, 1.165) is 0 Å². The van der Waals surface area contributed by atoms with E-state index in [0.29, 0.717) is 17.7 Å². The largest absolute Gasteiger partial charge is 0.444 e. The van der Waals surface area contributed by atoms with E-state index in [4.69, 9.17) is 18.0 Å². The summed E-state index contributed by atoms with van der Waals surface area (Å²) in [5, 5.41) is 4.20. The summed E-state index contributed by atoms with van der Waals surface area (Å²) in [5.41, 5.74) is 0.0969. The highest BCUT2D eigenvalue weighted by molar-refractivity contribution is 7.41. The van der Waals surface area contributed by atoms with Crippen molar-refractivity contribution in [1.29, 1.82) is 0 Å². The van der Waals surface area contributed by atoms with Crippen molar-refractivity contribution in [3.8, 4) is 11.5 Å². The summed E-state index contributed by atoms with van der Waals surface area (Å²) in [5.74, 6) is 0.326. The van der Waals surface area contributed by atoms with Gasteiger partial charge in [0.05, 0.1) is 23.0 Å². The molecule has 0 atom stereocenters. The van der Waals surface area contributed by atoms with Crippen LogP contribution in [0.1, 0.15) is 52.0 Å². The second-order valence-electron chi connectivity index (χ2n) is 7.35. The highest BCUT2D eigenvalue weighted by Crippen LogP contribution is 2.47. The summed E-state index contributed by atoms with van der Waals surface area (Å²) in [6.07, 6.45) is 5.22. The molecule has 2 heterocycles. The summed E-state index contributed by atoms with van der Waals surface area (Å²) in [7, 11) is -1.55. The fourth-order valence-corrected chi connectivity index (χ4v) is 2.89. The van der Waals surface area contributed by atoms with Crippen LogP contribution in [0.4, 0.5) is 0 Å². The van der Waals surface area contributed by atoms with Crippen molar-refractivity contribution in [3.05, 3.63) is 24.4 Å². The zero-order valence-electron chi connectivity index (χ0n) is 15.3. The number of oxazole rings is 1. The average molecular weight is 369 g/mol. The van der Waals surface area contributed by atoms with E-state index >= 15 is 0 Å². The SMILES string of the molecule is CC(C)(C)OP(OCn1cc(-c2nc(C=O)co2)cn1)OC(C)(C)C. The van der Waals surface area contributed by atoms with Gasteiger partial charge in [0.2, 0.25) is 5.89 Å². The maximum atomic E-state index is 10.7. The summed E-state index contributed by atoms with van der Waals surface area (Å²) in [4.78, 5) is 14.7. The van der Waals surface area contributed by atoms with E-state index < -0.39 is 19.8 Å². The third-order valence-corrected chi connectivity index (χ3v) is 4.23. The standard InChI is InChI=1S/C16H24N3O5P/c1-15(2,3)23-25(24-16(4,5)6)22-11-19-8-12(7-17-19)14-18-13(9-20)10-21-14/h7-10H,11H2,1-6H3. The number of carbonyl (C=O) groups excluding carboxylic acids is 1. The van der Waals surface area contributed by atoms with E-state index in [9.17, 15) is 4.79 Å². The van der Waals surface area contributed by atoms with Crippen LogP contribution in [-0.2, 0) is 20.3 Å². The molecule has 0 aromatic carbocycles. The quantitative estimate of drug-likeness (QED) is 0.534. The van der Waals surface area contributed by atoms with Crippen LogP contribution in [0.25, 0.3) is 11.5 Å². The van der Waals surface area contributed by atoms with E-state index in [1.807, 2.05) is 41.5 Å². The molecular weight excluding hydrogens is 345 g/mol. The molecule has 0 fully saturated rings. The van der Waals surface area contributed by atoms with Crippen LogP contribution in [0.15, 0.2) is 23.1 Å². The molecule has 8 nitrogen and oxygen atoms in total. The van der Waals surface area contributed by atoms with Gasteiger partial charge in [0, 0.05) is 6.20 Å². The molecule has 138 valence electrons. The highest BCUT2D eigenvalue weighted by atomic mass is 31.2. The molecular formula is C16H24N3O5P. The van der Waals surface area contributed by atoms with Gasteiger partial charge in [-0.3, -0.25) is 9.32 Å². The highest BCUT2D eigenvalue weighted by Gasteiger charge is 2.27. The first-order chi connectivity index (χ1) is 11.6. The Morgan fingerprint density at radius 1 is 1.20 bits per heavy atom. The minimum absolute atomic E-state index is 0.152.